The van der Waals surface area contributed by atoms with Crippen LogP contribution in [0.3, 0.4) is 0 Å². The van der Waals surface area contributed by atoms with Crippen molar-refractivity contribution in [2.24, 2.45) is 0 Å². The Kier molecular flexibility index (Phi) is 4.85. The molecular weight excluding hydrogens is 298 g/mol. The van der Waals surface area contributed by atoms with Crippen LogP contribution >= 0.6 is 11.6 Å². The van der Waals surface area contributed by atoms with Crippen LogP contribution < -0.4 is 5.32 Å². The molecule has 0 bridgehead atoms. The van der Waals surface area contributed by atoms with Crippen LogP contribution in [-0.4, -0.2) is 42.2 Å². The van der Waals surface area contributed by atoms with Gasteiger partial charge in [-0.25, -0.2) is 4.79 Å². The van der Waals surface area contributed by atoms with E-state index in [2.05, 4.69) is 5.32 Å². The Balaban J connectivity index is 2.11. The van der Waals surface area contributed by atoms with Crippen molar-refractivity contribution in [3.8, 4) is 0 Å². The van der Waals surface area contributed by atoms with Crippen molar-refractivity contribution in [1.82, 2.24) is 4.90 Å². The number of piperidine rings is 1. The van der Waals surface area contributed by atoms with Crippen molar-refractivity contribution in [2.45, 2.75) is 18.9 Å². The molecule has 8 heteroatoms. The number of nitrogens with one attached hydrogen (secondary N) is 1. The van der Waals surface area contributed by atoms with Gasteiger partial charge in [0.05, 0.1) is 12.0 Å². The minimum Gasteiger partial charge on any atom is -0.453 e. The molecule has 1 unspecified atom stereocenters. The van der Waals surface area contributed by atoms with Gasteiger partial charge in [0, 0.05) is 30.2 Å². The van der Waals surface area contributed by atoms with Crippen LogP contribution in [0, 0.1) is 10.1 Å². The summed E-state index contributed by atoms with van der Waals surface area (Å²) < 4.78 is 4.70. The molecule has 1 heterocycles. The van der Waals surface area contributed by atoms with Crippen LogP contribution in [0.4, 0.5) is 16.2 Å². The maximum Gasteiger partial charge on any atom is 0.409 e. The monoisotopic (exact) mass is 313 g/mol. The highest BCUT2D eigenvalue weighted by Gasteiger charge is 2.25. The van der Waals surface area contributed by atoms with Crippen LogP contribution in [0.5, 0.6) is 0 Å². The number of anilines is 1. The van der Waals surface area contributed by atoms with E-state index in [0.29, 0.717) is 23.8 Å². The summed E-state index contributed by atoms with van der Waals surface area (Å²) in [6.07, 6.45) is 1.26. The first-order valence-electron chi connectivity index (χ1n) is 6.54. The highest BCUT2D eigenvalue weighted by molar-refractivity contribution is 6.30. The predicted octanol–water partition coefficient (Wildman–Crippen LogP) is 2.89. The molecule has 1 N–H and O–H groups in total. The molecule has 1 aliphatic heterocycles. The predicted molar refractivity (Wildman–Crippen MR) is 78.7 cm³/mol. The molecule has 0 radical (unpaired) electrons. The van der Waals surface area contributed by atoms with Gasteiger partial charge in [-0.2, -0.15) is 0 Å². The topological polar surface area (TPSA) is 84.7 Å². The molecule has 1 saturated heterocycles. The van der Waals surface area contributed by atoms with E-state index in [-0.39, 0.29) is 17.8 Å². The second-order valence-electron chi connectivity index (χ2n) is 4.82. The number of hydrogen-bond acceptors (Lipinski definition) is 5. The lowest BCUT2D eigenvalue weighted by atomic mass is 10.1. The summed E-state index contributed by atoms with van der Waals surface area (Å²) in [7, 11) is 1.34. The van der Waals surface area contributed by atoms with Gasteiger partial charge in [-0.05, 0) is 25.0 Å². The number of amides is 1. The van der Waals surface area contributed by atoms with Crippen LogP contribution in [0.25, 0.3) is 0 Å². The number of benzene rings is 1. The Hall–Kier alpha value is -2.02. The smallest absolute Gasteiger partial charge is 0.409 e. The van der Waals surface area contributed by atoms with Gasteiger partial charge in [0.15, 0.2) is 0 Å². The number of nitro benzene ring substituents is 1. The molecule has 21 heavy (non-hydrogen) atoms. The van der Waals surface area contributed by atoms with E-state index in [1.54, 1.807) is 17.0 Å². The highest BCUT2D eigenvalue weighted by Crippen LogP contribution is 2.29. The normalized spacial score (nSPS) is 18.2. The molecule has 0 aliphatic carbocycles. The number of nitrogens with zero attached hydrogens (tertiary/aromatic N) is 2. The van der Waals surface area contributed by atoms with E-state index in [9.17, 15) is 14.9 Å². The summed E-state index contributed by atoms with van der Waals surface area (Å²) in [5, 5.41) is 14.5. The van der Waals surface area contributed by atoms with E-state index in [0.717, 1.165) is 12.8 Å². The van der Waals surface area contributed by atoms with Gasteiger partial charge in [-0.3, -0.25) is 10.1 Å². The molecule has 0 spiro atoms. The van der Waals surface area contributed by atoms with E-state index in [1.165, 1.54) is 13.2 Å². The van der Waals surface area contributed by atoms with Gasteiger partial charge >= 0.3 is 6.09 Å². The van der Waals surface area contributed by atoms with Gasteiger partial charge in [-0.15, -0.1) is 0 Å². The molecule has 1 fully saturated rings. The maximum absolute atomic E-state index is 11.5. The molecule has 1 atom stereocenters. The van der Waals surface area contributed by atoms with Crippen molar-refractivity contribution < 1.29 is 14.5 Å². The van der Waals surface area contributed by atoms with Crippen molar-refractivity contribution in [3.05, 3.63) is 33.3 Å². The first-order chi connectivity index (χ1) is 10.0. The van der Waals surface area contributed by atoms with Crippen molar-refractivity contribution in [2.75, 3.05) is 25.5 Å². The summed E-state index contributed by atoms with van der Waals surface area (Å²) in [6, 6.07) is 4.43. The largest absolute Gasteiger partial charge is 0.453 e. The summed E-state index contributed by atoms with van der Waals surface area (Å²) in [5.41, 5.74) is 0.332. The SMILES string of the molecule is COC(=O)N1CCCC(Nc2ccc(Cl)cc2[N+](=O)[O-])C1. The van der Waals surface area contributed by atoms with Gasteiger partial charge < -0.3 is 15.0 Å². The quantitative estimate of drug-likeness (QED) is 0.685. The fraction of sp³-hybridized carbons (Fsp3) is 0.462. The van der Waals surface area contributed by atoms with Crippen molar-refractivity contribution in [3.63, 3.8) is 0 Å². The van der Waals surface area contributed by atoms with Crippen molar-refractivity contribution in [1.29, 1.82) is 0 Å². The first kappa shape index (κ1) is 15.4. The maximum atomic E-state index is 11.5. The Morgan fingerprint density at radius 3 is 3.00 bits per heavy atom. The Labute approximate surface area is 127 Å². The number of nitro groups is 1. The second-order valence-corrected chi connectivity index (χ2v) is 5.25. The van der Waals surface area contributed by atoms with E-state index < -0.39 is 4.92 Å². The molecule has 114 valence electrons. The Bertz CT molecular complexity index is 552. The summed E-state index contributed by atoms with van der Waals surface area (Å²) >= 11 is 5.79. The molecule has 2 rings (SSSR count). The zero-order valence-electron chi connectivity index (χ0n) is 11.5. The Morgan fingerprint density at radius 1 is 1.57 bits per heavy atom. The lowest BCUT2D eigenvalue weighted by molar-refractivity contribution is -0.384. The summed E-state index contributed by atoms with van der Waals surface area (Å²) in [4.78, 5) is 23.7. The second kappa shape index (κ2) is 6.62. The lowest BCUT2D eigenvalue weighted by Gasteiger charge is -2.32. The van der Waals surface area contributed by atoms with E-state index >= 15 is 0 Å². The average molecular weight is 314 g/mol. The van der Waals surface area contributed by atoms with Crippen LogP contribution in [0.2, 0.25) is 5.02 Å². The van der Waals surface area contributed by atoms with Gasteiger partial charge in [0.25, 0.3) is 5.69 Å². The lowest BCUT2D eigenvalue weighted by Crippen LogP contribution is -2.45. The van der Waals surface area contributed by atoms with Gasteiger partial charge in [0.1, 0.15) is 5.69 Å². The van der Waals surface area contributed by atoms with E-state index in [4.69, 9.17) is 16.3 Å². The fourth-order valence-electron chi connectivity index (χ4n) is 2.39. The molecule has 1 aromatic carbocycles. The number of ether oxygens (including phenoxy) is 1. The standard InChI is InChI=1S/C13H16ClN3O4/c1-21-13(18)16-6-2-3-10(8-16)15-11-5-4-9(14)7-12(11)17(19)20/h4-5,7,10,15H,2-3,6,8H2,1H3. The summed E-state index contributed by atoms with van der Waals surface area (Å²) in [6.45, 7) is 1.08. The minimum atomic E-state index is -0.477. The molecule has 1 amide bonds. The number of rotatable bonds is 3. The third kappa shape index (κ3) is 3.75. The molecule has 1 aromatic rings. The number of carbonyl (C=O) groups is 1. The fourth-order valence-corrected chi connectivity index (χ4v) is 2.55. The third-order valence-electron chi connectivity index (χ3n) is 3.37. The van der Waals surface area contributed by atoms with Crippen LogP contribution in [0.15, 0.2) is 18.2 Å². The number of methoxy groups -OCH3 is 1. The first-order valence-corrected chi connectivity index (χ1v) is 6.92. The number of halogens is 1. The molecule has 0 aromatic heterocycles. The Morgan fingerprint density at radius 2 is 2.33 bits per heavy atom. The van der Waals surface area contributed by atoms with Crippen LogP contribution in [0.1, 0.15) is 12.8 Å². The zero-order valence-corrected chi connectivity index (χ0v) is 12.3. The highest BCUT2D eigenvalue weighted by atomic mass is 35.5. The molecule has 0 saturated carbocycles. The zero-order chi connectivity index (χ0) is 15.4. The average Bonchev–Trinajstić information content (AvgIpc) is 2.48. The van der Waals surface area contributed by atoms with E-state index in [1.807, 2.05) is 0 Å². The van der Waals surface area contributed by atoms with Crippen LogP contribution in [-0.2, 0) is 4.74 Å². The van der Waals surface area contributed by atoms with Gasteiger partial charge in [0.2, 0.25) is 0 Å². The molecule has 7 nitrogen and oxygen atoms in total. The third-order valence-corrected chi connectivity index (χ3v) is 3.61. The molecular formula is C13H16ClN3O4. The summed E-state index contributed by atoms with van der Waals surface area (Å²) in [5.74, 6) is 0. The minimum absolute atomic E-state index is 0.0577. The van der Waals surface area contributed by atoms with Crippen molar-refractivity contribution >= 4 is 29.1 Å². The van der Waals surface area contributed by atoms with Gasteiger partial charge in [-0.1, -0.05) is 11.6 Å². The number of carbonyl (C=O) groups excluding carboxylic acids is 1. The molecule has 1 aliphatic rings. The number of likely N-dealkylation sites (tertiary alicyclic amines) is 1. The number of hydrogen-bond donors (Lipinski definition) is 1.